The van der Waals surface area contributed by atoms with Gasteiger partial charge in [0.25, 0.3) is 0 Å². The molecule has 4 rings (SSSR count). The summed E-state index contributed by atoms with van der Waals surface area (Å²) in [5, 5.41) is 0. The van der Waals surface area contributed by atoms with Gasteiger partial charge in [-0.1, -0.05) is 178 Å². The van der Waals surface area contributed by atoms with E-state index in [1.54, 1.807) is 12.4 Å². The highest BCUT2D eigenvalue weighted by molar-refractivity contribution is 6.04. The van der Waals surface area contributed by atoms with E-state index in [4.69, 9.17) is 11.5 Å². The monoisotopic (exact) mass is 738 g/mol. The van der Waals surface area contributed by atoms with Crippen LogP contribution in [0.4, 0.5) is 0 Å². The van der Waals surface area contributed by atoms with Gasteiger partial charge < -0.3 is 11.5 Å². The zero-order valence-electron chi connectivity index (χ0n) is 35.0. The van der Waals surface area contributed by atoms with Crippen molar-refractivity contribution in [1.29, 1.82) is 0 Å². The molecule has 0 aliphatic carbocycles. The Bertz CT molecular complexity index is 2200. The van der Waals surface area contributed by atoms with Gasteiger partial charge in [0.15, 0.2) is 0 Å². The number of allylic oxidation sites excluding steroid dienone is 14. The van der Waals surface area contributed by atoms with Crippen molar-refractivity contribution in [2.75, 3.05) is 0 Å². The lowest BCUT2D eigenvalue weighted by atomic mass is 9.86. The van der Waals surface area contributed by atoms with Gasteiger partial charge in [0.1, 0.15) is 0 Å². The lowest BCUT2D eigenvalue weighted by molar-refractivity contribution is 1.09. The second-order valence-electron chi connectivity index (χ2n) is 14.5. The Morgan fingerprint density at radius 1 is 0.589 bits per heavy atom. The Hall–Kier alpha value is -5.86. The van der Waals surface area contributed by atoms with Crippen molar-refractivity contribution < 1.29 is 0 Å². The highest BCUT2D eigenvalue weighted by Gasteiger charge is 2.15. The standard InChI is InChI=1S/C54H62N2/c1-9-43(34-44(10-2)36-47-32-41(7)31-42(8)33-47)24-25-48-19-13-14-20-50(48)53(23-17-18-39(5)30-40(6)26-28-55)54(27-29-56)52-22-16-15-21-51(52)49-37-45(11-3)35-46(12-4)38-49/h13-38H,9-12,55-56H2,1-8H3/b23-17+,25-24+,28-26+,29-27+,39-18-,40-30-,43-34-,44-36-,54-53+. The van der Waals surface area contributed by atoms with E-state index in [0.29, 0.717) is 0 Å². The van der Waals surface area contributed by atoms with Crippen LogP contribution in [-0.4, -0.2) is 0 Å². The third-order valence-electron chi connectivity index (χ3n) is 9.90. The molecule has 0 radical (unpaired) electrons. The molecule has 4 aromatic rings. The minimum absolute atomic E-state index is 0.924. The number of aryl methyl sites for hydroxylation is 4. The van der Waals surface area contributed by atoms with Crippen molar-refractivity contribution >= 4 is 23.3 Å². The topological polar surface area (TPSA) is 52.0 Å². The molecule has 0 amide bonds. The van der Waals surface area contributed by atoms with Gasteiger partial charge in [0.05, 0.1) is 0 Å². The molecule has 288 valence electrons. The van der Waals surface area contributed by atoms with Gasteiger partial charge >= 0.3 is 0 Å². The van der Waals surface area contributed by atoms with Crippen molar-refractivity contribution in [3.05, 3.63) is 213 Å². The first kappa shape index (κ1) is 42.9. The van der Waals surface area contributed by atoms with Crippen LogP contribution in [-0.2, 0) is 12.8 Å². The molecule has 0 unspecified atom stereocenters. The Morgan fingerprint density at radius 2 is 1.20 bits per heavy atom. The van der Waals surface area contributed by atoms with Crippen molar-refractivity contribution in [3.8, 4) is 11.1 Å². The third kappa shape index (κ3) is 12.3. The Kier molecular flexibility index (Phi) is 16.8. The summed E-state index contributed by atoms with van der Waals surface area (Å²) in [5.41, 5.74) is 31.2. The first-order chi connectivity index (χ1) is 27.1. The van der Waals surface area contributed by atoms with Crippen LogP contribution >= 0.6 is 0 Å². The zero-order chi connectivity index (χ0) is 40.5. The van der Waals surface area contributed by atoms with E-state index in [0.717, 1.165) is 64.7 Å². The molecule has 4 N–H and O–H groups in total. The second-order valence-corrected chi connectivity index (χ2v) is 14.5. The quantitative estimate of drug-likeness (QED) is 0.0888. The lowest BCUT2D eigenvalue weighted by Gasteiger charge is -2.18. The number of hydrogen-bond acceptors (Lipinski definition) is 2. The van der Waals surface area contributed by atoms with Crippen LogP contribution < -0.4 is 11.5 Å². The van der Waals surface area contributed by atoms with Gasteiger partial charge in [-0.15, -0.1) is 0 Å². The number of benzene rings is 4. The molecule has 0 bridgehead atoms. The van der Waals surface area contributed by atoms with Crippen molar-refractivity contribution in [2.45, 2.75) is 81.1 Å². The molecule has 2 nitrogen and oxygen atoms in total. The van der Waals surface area contributed by atoms with Crippen LogP contribution in [0.3, 0.4) is 0 Å². The maximum atomic E-state index is 6.31. The Balaban J connectivity index is 1.96. The van der Waals surface area contributed by atoms with Gasteiger partial charge in [0, 0.05) is 0 Å². The normalized spacial score (nSPS) is 13.9. The summed E-state index contributed by atoms with van der Waals surface area (Å²) in [5.74, 6) is 0. The fraction of sp³-hybridized carbons (Fsp3) is 0.222. The summed E-state index contributed by atoms with van der Waals surface area (Å²) < 4.78 is 0. The van der Waals surface area contributed by atoms with E-state index in [1.807, 2.05) is 6.08 Å². The molecular weight excluding hydrogens is 677 g/mol. The largest absolute Gasteiger partial charge is 0.405 e. The van der Waals surface area contributed by atoms with Gasteiger partial charge in [0.2, 0.25) is 0 Å². The average Bonchev–Trinajstić information content (AvgIpc) is 3.19. The molecule has 0 spiro atoms. The second kappa shape index (κ2) is 21.9. The number of hydrogen-bond donors (Lipinski definition) is 2. The van der Waals surface area contributed by atoms with E-state index >= 15 is 0 Å². The molecule has 0 fully saturated rings. The molecule has 0 aromatic heterocycles. The summed E-state index contributed by atoms with van der Waals surface area (Å²) in [6, 6.07) is 31.1. The van der Waals surface area contributed by atoms with Crippen LogP contribution in [0.1, 0.15) is 98.9 Å². The number of nitrogens with two attached hydrogens (primary N) is 2. The maximum Gasteiger partial charge on any atom is -0.00559 e. The van der Waals surface area contributed by atoms with Gasteiger partial charge in [-0.3, -0.25) is 0 Å². The van der Waals surface area contributed by atoms with Gasteiger partial charge in [-0.05, 0) is 150 Å². The highest BCUT2D eigenvalue weighted by atomic mass is 14.5. The SMILES string of the molecule is CCC(=C/c1cc(C)cc(C)c1)/C=C(\C=C\c1ccccc1C(/C=C/C=C(C)\C=C(C)/C=C/N)=C(\C=C\N)c1ccccc1-c1cc(CC)cc(CC)c1)CC. The summed E-state index contributed by atoms with van der Waals surface area (Å²) in [7, 11) is 0. The summed E-state index contributed by atoms with van der Waals surface area (Å²) >= 11 is 0. The summed E-state index contributed by atoms with van der Waals surface area (Å²) in [6.45, 7) is 17.4. The molecule has 0 aliphatic heterocycles. The predicted molar refractivity (Wildman–Crippen MR) is 249 cm³/mol. The first-order valence-corrected chi connectivity index (χ1v) is 20.2. The minimum Gasteiger partial charge on any atom is -0.405 e. The summed E-state index contributed by atoms with van der Waals surface area (Å²) in [4.78, 5) is 0. The predicted octanol–water partition coefficient (Wildman–Crippen LogP) is 14.2. The Morgan fingerprint density at radius 3 is 1.82 bits per heavy atom. The van der Waals surface area contributed by atoms with Crippen molar-refractivity contribution in [3.63, 3.8) is 0 Å². The molecule has 0 atom stereocenters. The minimum atomic E-state index is 0.924. The molecule has 0 saturated heterocycles. The molecule has 0 heterocycles. The molecular formula is C54H62N2. The van der Waals surface area contributed by atoms with Crippen LogP contribution in [0.15, 0.2) is 168 Å². The number of rotatable bonds is 16. The molecule has 56 heavy (non-hydrogen) atoms. The van der Waals surface area contributed by atoms with Crippen LogP contribution in [0.5, 0.6) is 0 Å². The van der Waals surface area contributed by atoms with E-state index in [-0.39, 0.29) is 0 Å². The van der Waals surface area contributed by atoms with E-state index in [2.05, 4.69) is 195 Å². The molecule has 0 aliphatic rings. The fourth-order valence-corrected chi connectivity index (χ4v) is 7.09. The maximum absolute atomic E-state index is 6.31. The van der Waals surface area contributed by atoms with Gasteiger partial charge in [-0.2, -0.15) is 0 Å². The third-order valence-corrected chi connectivity index (χ3v) is 9.90. The first-order valence-electron chi connectivity index (χ1n) is 20.2. The fourth-order valence-electron chi connectivity index (χ4n) is 7.09. The van der Waals surface area contributed by atoms with E-state index < -0.39 is 0 Å². The highest BCUT2D eigenvalue weighted by Crippen LogP contribution is 2.37. The van der Waals surface area contributed by atoms with Crippen LogP contribution in [0.2, 0.25) is 0 Å². The molecule has 4 aromatic carbocycles. The Labute approximate surface area is 338 Å². The molecule has 0 saturated carbocycles. The smallest absolute Gasteiger partial charge is 0.00559 e. The van der Waals surface area contributed by atoms with E-state index in [1.165, 1.54) is 50.1 Å². The lowest BCUT2D eigenvalue weighted by Crippen LogP contribution is -1.97. The van der Waals surface area contributed by atoms with Crippen molar-refractivity contribution in [2.24, 2.45) is 11.5 Å². The van der Waals surface area contributed by atoms with Crippen LogP contribution in [0.25, 0.3) is 34.4 Å². The van der Waals surface area contributed by atoms with E-state index in [9.17, 15) is 0 Å². The van der Waals surface area contributed by atoms with Crippen LogP contribution in [0, 0.1) is 13.8 Å². The molecule has 2 heteroatoms. The van der Waals surface area contributed by atoms with Crippen molar-refractivity contribution in [1.82, 2.24) is 0 Å². The van der Waals surface area contributed by atoms with Gasteiger partial charge in [-0.25, -0.2) is 0 Å². The zero-order valence-corrected chi connectivity index (χ0v) is 35.0. The summed E-state index contributed by atoms with van der Waals surface area (Å²) in [6.07, 6.45) is 28.9. The average molecular weight is 739 g/mol.